The topological polar surface area (TPSA) is 51.3 Å². The van der Waals surface area contributed by atoms with Crippen LogP contribution in [-0.2, 0) is 11.3 Å². The molecule has 1 aliphatic carbocycles. The number of hydrogen-bond acceptors (Lipinski definition) is 2. The van der Waals surface area contributed by atoms with Crippen molar-refractivity contribution in [3.8, 4) is 0 Å². The van der Waals surface area contributed by atoms with Crippen molar-refractivity contribution in [2.24, 2.45) is 11.1 Å². The van der Waals surface area contributed by atoms with Crippen molar-refractivity contribution >= 4 is 5.91 Å². The zero-order chi connectivity index (χ0) is 13.6. The van der Waals surface area contributed by atoms with Gasteiger partial charge in [-0.05, 0) is 38.8 Å². The first-order chi connectivity index (χ1) is 9.09. The van der Waals surface area contributed by atoms with E-state index in [9.17, 15) is 4.79 Å². The summed E-state index contributed by atoms with van der Waals surface area (Å²) in [6.45, 7) is 6.47. The van der Waals surface area contributed by atoms with Crippen LogP contribution in [0.5, 0.6) is 0 Å². The van der Waals surface area contributed by atoms with Gasteiger partial charge in [-0.1, -0.05) is 6.42 Å². The van der Waals surface area contributed by atoms with Gasteiger partial charge in [0.05, 0.1) is 11.5 Å². The molecule has 0 radical (unpaired) electrons. The molecule has 2 heterocycles. The minimum atomic E-state index is -0.252. The monoisotopic (exact) mass is 261 g/mol. The number of amides is 1. The number of aromatic nitrogens is 1. The van der Waals surface area contributed by atoms with Crippen molar-refractivity contribution in [2.45, 2.75) is 45.7 Å². The molecule has 0 saturated heterocycles. The fourth-order valence-corrected chi connectivity index (χ4v) is 3.51. The molecule has 1 aliphatic heterocycles. The van der Waals surface area contributed by atoms with Crippen LogP contribution in [0.15, 0.2) is 12.1 Å². The summed E-state index contributed by atoms with van der Waals surface area (Å²) in [5.41, 5.74) is 8.15. The third kappa shape index (κ3) is 1.73. The van der Waals surface area contributed by atoms with E-state index in [4.69, 9.17) is 5.73 Å². The summed E-state index contributed by atoms with van der Waals surface area (Å²) in [6.07, 6.45) is 3.07. The Balaban J connectivity index is 1.86. The molecule has 4 nitrogen and oxygen atoms in total. The van der Waals surface area contributed by atoms with E-state index in [0.29, 0.717) is 6.54 Å². The van der Waals surface area contributed by atoms with Crippen LogP contribution in [0.2, 0.25) is 0 Å². The number of carbonyl (C=O) groups excluding carboxylic acids is 1. The van der Waals surface area contributed by atoms with Gasteiger partial charge in [-0.15, -0.1) is 0 Å². The molecule has 1 aromatic heterocycles. The maximum absolute atomic E-state index is 12.8. The van der Waals surface area contributed by atoms with Gasteiger partial charge >= 0.3 is 0 Å². The molecule has 1 fully saturated rings. The van der Waals surface area contributed by atoms with Crippen molar-refractivity contribution in [2.75, 3.05) is 13.1 Å². The SMILES string of the molecule is Cc1ccc2n1CCN(C(=O)C1(CN)CCC1)C2C. The fourth-order valence-electron chi connectivity index (χ4n) is 3.51. The Hall–Kier alpha value is -1.29. The Bertz CT molecular complexity index is 496. The molecule has 2 aliphatic rings. The molecule has 4 heteroatoms. The smallest absolute Gasteiger partial charge is 0.230 e. The van der Waals surface area contributed by atoms with Crippen LogP contribution in [-0.4, -0.2) is 28.5 Å². The second kappa shape index (κ2) is 4.37. The zero-order valence-electron chi connectivity index (χ0n) is 11.9. The van der Waals surface area contributed by atoms with Crippen LogP contribution in [0.4, 0.5) is 0 Å². The van der Waals surface area contributed by atoms with E-state index in [1.807, 2.05) is 4.90 Å². The van der Waals surface area contributed by atoms with Crippen molar-refractivity contribution in [3.63, 3.8) is 0 Å². The molecular weight excluding hydrogens is 238 g/mol. The zero-order valence-corrected chi connectivity index (χ0v) is 11.9. The summed E-state index contributed by atoms with van der Waals surface area (Å²) < 4.78 is 2.32. The number of nitrogens with zero attached hydrogens (tertiary/aromatic N) is 2. The minimum Gasteiger partial charge on any atom is -0.345 e. The van der Waals surface area contributed by atoms with Crippen LogP contribution >= 0.6 is 0 Å². The van der Waals surface area contributed by atoms with E-state index in [0.717, 1.165) is 32.4 Å². The number of aryl methyl sites for hydroxylation is 1. The van der Waals surface area contributed by atoms with Gasteiger partial charge in [0.2, 0.25) is 5.91 Å². The van der Waals surface area contributed by atoms with Gasteiger partial charge in [0.25, 0.3) is 0 Å². The molecule has 104 valence electrons. The molecule has 1 amide bonds. The van der Waals surface area contributed by atoms with Crippen molar-refractivity contribution in [1.29, 1.82) is 0 Å². The molecule has 0 bridgehead atoms. The summed E-state index contributed by atoms with van der Waals surface area (Å²) in [5.74, 6) is 0.277. The molecule has 19 heavy (non-hydrogen) atoms. The first kappa shape index (κ1) is 12.7. The third-order valence-electron chi connectivity index (χ3n) is 5.11. The highest BCUT2D eigenvalue weighted by Crippen LogP contribution is 2.43. The van der Waals surface area contributed by atoms with Crippen LogP contribution in [0.3, 0.4) is 0 Å². The van der Waals surface area contributed by atoms with Crippen LogP contribution in [0, 0.1) is 12.3 Å². The summed E-state index contributed by atoms with van der Waals surface area (Å²) >= 11 is 0. The Morgan fingerprint density at radius 2 is 2.16 bits per heavy atom. The van der Waals surface area contributed by atoms with Gasteiger partial charge in [0.1, 0.15) is 0 Å². The van der Waals surface area contributed by atoms with E-state index in [1.165, 1.54) is 11.4 Å². The first-order valence-electron chi connectivity index (χ1n) is 7.26. The molecule has 0 spiro atoms. The van der Waals surface area contributed by atoms with Gasteiger partial charge in [-0.2, -0.15) is 0 Å². The highest BCUT2D eigenvalue weighted by atomic mass is 16.2. The lowest BCUT2D eigenvalue weighted by Gasteiger charge is -2.46. The van der Waals surface area contributed by atoms with Crippen molar-refractivity contribution in [3.05, 3.63) is 23.5 Å². The van der Waals surface area contributed by atoms with Crippen LogP contribution in [0.1, 0.15) is 43.6 Å². The Morgan fingerprint density at radius 3 is 2.74 bits per heavy atom. The lowest BCUT2D eigenvalue weighted by molar-refractivity contribution is -0.150. The van der Waals surface area contributed by atoms with Crippen LogP contribution < -0.4 is 5.73 Å². The van der Waals surface area contributed by atoms with E-state index < -0.39 is 0 Å². The molecule has 2 N–H and O–H groups in total. The number of hydrogen-bond donors (Lipinski definition) is 1. The maximum Gasteiger partial charge on any atom is 0.230 e. The molecule has 1 unspecified atom stereocenters. The highest BCUT2D eigenvalue weighted by molar-refractivity contribution is 5.84. The first-order valence-corrected chi connectivity index (χ1v) is 7.26. The van der Waals surface area contributed by atoms with E-state index in [-0.39, 0.29) is 17.4 Å². The minimum absolute atomic E-state index is 0.166. The van der Waals surface area contributed by atoms with Crippen molar-refractivity contribution in [1.82, 2.24) is 9.47 Å². The van der Waals surface area contributed by atoms with E-state index in [1.54, 1.807) is 0 Å². The Morgan fingerprint density at radius 1 is 1.42 bits per heavy atom. The Kier molecular flexibility index (Phi) is 2.93. The van der Waals surface area contributed by atoms with Crippen LogP contribution in [0.25, 0.3) is 0 Å². The number of nitrogens with two attached hydrogens (primary N) is 1. The molecule has 0 aromatic carbocycles. The fraction of sp³-hybridized carbons (Fsp3) is 0.667. The van der Waals surface area contributed by atoms with Gasteiger partial charge in [-0.25, -0.2) is 0 Å². The number of rotatable bonds is 2. The molecule has 3 rings (SSSR count). The maximum atomic E-state index is 12.8. The second-order valence-corrected chi connectivity index (χ2v) is 6.06. The normalized spacial score (nSPS) is 24.8. The summed E-state index contributed by atoms with van der Waals surface area (Å²) in [7, 11) is 0. The summed E-state index contributed by atoms with van der Waals surface area (Å²) in [5, 5.41) is 0. The number of carbonyl (C=O) groups is 1. The largest absolute Gasteiger partial charge is 0.345 e. The average Bonchev–Trinajstić information content (AvgIpc) is 2.72. The molecule has 1 atom stereocenters. The average molecular weight is 261 g/mol. The highest BCUT2D eigenvalue weighted by Gasteiger charge is 2.46. The van der Waals surface area contributed by atoms with E-state index in [2.05, 4.69) is 30.5 Å². The summed E-state index contributed by atoms with van der Waals surface area (Å²) in [4.78, 5) is 14.8. The van der Waals surface area contributed by atoms with Gasteiger partial charge < -0.3 is 15.2 Å². The molecular formula is C15H23N3O. The second-order valence-electron chi connectivity index (χ2n) is 6.06. The predicted octanol–water partition coefficient (Wildman–Crippen LogP) is 1.83. The Labute approximate surface area is 114 Å². The van der Waals surface area contributed by atoms with Gasteiger partial charge in [0.15, 0.2) is 0 Å². The number of fused-ring (bicyclic) bond motifs is 1. The summed E-state index contributed by atoms with van der Waals surface area (Å²) in [6, 6.07) is 4.45. The van der Waals surface area contributed by atoms with Gasteiger partial charge in [-0.3, -0.25) is 4.79 Å². The molecule has 1 saturated carbocycles. The quantitative estimate of drug-likeness (QED) is 0.883. The third-order valence-corrected chi connectivity index (χ3v) is 5.11. The van der Waals surface area contributed by atoms with E-state index >= 15 is 0 Å². The van der Waals surface area contributed by atoms with Gasteiger partial charge in [0, 0.05) is 31.0 Å². The van der Waals surface area contributed by atoms with Crippen molar-refractivity contribution < 1.29 is 4.79 Å². The lowest BCUT2D eigenvalue weighted by atomic mass is 9.67. The lowest BCUT2D eigenvalue weighted by Crippen LogP contribution is -2.54. The molecule has 1 aromatic rings. The predicted molar refractivity (Wildman–Crippen MR) is 74.6 cm³/mol. The standard InChI is InChI=1S/C15H23N3O/c1-11-4-5-13-12(2)18(9-8-17(11)13)14(19)15(10-16)6-3-7-15/h4-5,12H,3,6-10,16H2,1-2H3.